The fourth-order valence-electron chi connectivity index (χ4n) is 2.02. The van der Waals surface area contributed by atoms with Crippen LogP contribution in [0, 0.1) is 3.57 Å². The van der Waals surface area contributed by atoms with Crippen LogP contribution in [0.25, 0.3) is 0 Å². The van der Waals surface area contributed by atoms with Crippen molar-refractivity contribution in [2.45, 2.75) is 20.0 Å². The Bertz CT molecular complexity index is 827. The maximum atomic E-state index is 12.3. The summed E-state index contributed by atoms with van der Waals surface area (Å²) in [7, 11) is 0. The maximum absolute atomic E-state index is 12.3. The van der Waals surface area contributed by atoms with E-state index in [0.717, 1.165) is 3.57 Å². The lowest BCUT2D eigenvalue weighted by Crippen LogP contribution is -2.48. The molecule has 2 amide bonds. The summed E-state index contributed by atoms with van der Waals surface area (Å²) in [5.74, 6) is -0.155. The molecule has 0 bridgehead atoms. The van der Waals surface area contributed by atoms with E-state index in [4.69, 9.17) is 17.0 Å². The van der Waals surface area contributed by atoms with E-state index < -0.39 is 5.91 Å². The van der Waals surface area contributed by atoms with E-state index >= 15 is 0 Å². The standard InChI is InChI=1S/C18H18IN3O3S/c1-11(2)25-13-7-5-6-12(10-13)16(23)20-18(26)22-21-17(24)14-8-3-4-9-15(14)19/h3-11H,1-2H3,(H,21,24)(H2,20,22,23,26). The first-order valence-corrected chi connectivity index (χ1v) is 9.28. The highest BCUT2D eigenvalue weighted by molar-refractivity contribution is 14.1. The van der Waals surface area contributed by atoms with Crippen molar-refractivity contribution in [1.29, 1.82) is 0 Å². The van der Waals surface area contributed by atoms with Crippen LogP contribution in [0.2, 0.25) is 0 Å². The summed E-state index contributed by atoms with van der Waals surface area (Å²) in [5, 5.41) is 2.50. The largest absolute Gasteiger partial charge is 0.491 e. The lowest BCUT2D eigenvalue weighted by molar-refractivity contribution is 0.0934. The van der Waals surface area contributed by atoms with Gasteiger partial charge in [0.25, 0.3) is 11.8 Å². The monoisotopic (exact) mass is 483 g/mol. The van der Waals surface area contributed by atoms with Gasteiger partial charge < -0.3 is 4.74 Å². The van der Waals surface area contributed by atoms with Gasteiger partial charge in [0.15, 0.2) is 5.11 Å². The number of benzene rings is 2. The summed E-state index contributed by atoms with van der Waals surface area (Å²) in [6.45, 7) is 3.81. The van der Waals surface area contributed by atoms with E-state index in [-0.39, 0.29) is 17.1 Å². The molecule has 0 heterocycles. The molecule has 0 aliphatic heterocycles. The van der Waals surface area contributed by atoms with Gasteiger partial charge in [-0.1, -0.05) is 18.2 Å². The van der Waals surface area contributed by atoms with Gasteiger partial charge in [0.1, 0.15) is 5.75 Å². The van der Waals surface area contributed by atoms with Crippen LogP contribution >= 0.6 is 34.8 Å². The fourth-order valence-corrected chi connectivity index (χ4v) is 2.79. The third kappa shape index (κ3) is 5.95. The number of amides is 2. The summed E-state index contributed by atoms with van der Waals surface area (Å²) >= 11 is 7.11. The molecule has 0 radical (unpaired) electrons. The number of ether oxygens (including phenoxy) is 1. The van der Waals surface area contributed by atoms with E-state index in [0.29, 0.717) is 16.9 Å². The molecule has 8 heteroatoms. The Morgan fingerprint density at radius 3 is 2.46 bits per heavy atom. The van der Waals surface area contributed by atoms with E-state index in [1.54, 1.807) is 36.4 Å². The van der Waals surface area contributed by atoms with Crippen LogP contribution in [0.5, 0.6) is 5.75 Å². The molecule has 0 fully saturated rings. The summed E-state index contributed by atoms with van der Waals surface area (Å²) in [6.07, 6.45) is 0.00653. The highest BCUT2D eigenvalue weighted by Gasteiger charge is 2.12. The van der Waals surface area contributed by atoms with Crippen LogP contribution in [-0.2, 0) is 0 Å². The van der Waals surface area contributed by atoms with Crippen LogP contribution in [0.4, 0.5) is 0 Å². The molecule has 136 valence electrons. The molecule has 0 saturated heterocycles. The van der Waals surface area contributed by atoms with Crippen molar-refractivity contribution in [2.75, 3.05) is 0 Å². The number of hydrogen-bond acceptors (Lipinski definition) is 4. The van der Waals surface area contributed by atoms with Gasteiger partial charge in [-0.3, -0.25) is 25.8 Å². The molecule has 0 unspecified atom stereocenters. The van der Waals surface area contributed by atoms with Crippen LogP contribution in [0.15, 0.2) is 48.5 Å². The average molecular weight is 483 g/mol. The van der Waals surface area contributed by atoms with Crippen molar-refractivity contribution in [3.8, 4) is 5.75 Å². The lowest BCUT2D eigenvalue weighted by atomic mass is 10.2. The Morgan fingerprint density at radius 1 is 1.04 bits per heavy atom. The number of thiocarbonyl (C=S) groups is 1. The van der Waals surface area contributed by atoms with Crippen molar-refractivity contribution in [2.24, 2.45) is 0 Å². The second-order valence-electron chi connectivity index (χ2n) is 5.54. The van der Waals surface area contributed by atoms with Gasteiger partial charge in [-0.15, -0.1) is 0 Å². The Morgan fingerprint density at radius 2 is 1.77 bits per heavy atom. The molecule has 26 heavy (non-hydrogen) atoms. The quantitative estimate of drug-likeness (QED) is 0.354. The van der Waals surface area contributed by atoms with Gasteiger partial charge in [0.05, 0.1) is 11.7 Å². The van der Waals surface area contributed by atoms with E-state index in [1.165, 1.54) is 0 Å². The molecule has 0 aliphatic rings. The average Bonchev–Trinajstić information content (AvgIpc) is 2.59. The first-order valence-electron chi connectivity index (χ1n) is 7.79. The molecular formula is C18H18IN3O3S. The molecule has 2 aromatic carbocycles. The Hall–Kier alpha value is -2.20. The predicted octanol–water partition coefficient (Wildman–Crippen LogP) is 3.03. The van der Waals surface area contributed by atoms with E-state index in [1.807, 2.05) is 26.0 Å². The van der Waals surface area contributed by atoms with Crippen molar-refractivity contribution in [3.05, 3.63) is 63.2 Å². The molecule has 0 aromatic heterocycles. The van der Waals surface area contributed by atoms with Gasteiger partial charge >= 0.3 is 0 Å². The van der Waals surface area contributed by atoms with Crippen LogP contribution in [-0.4, -0.2) is 23.0 Å². The van der Waals surface area contributed by atoms with Crippen molar-refractivity contribution in [3.63, 3.8) is 0 Å². The normalized spacial score (nSPS) is 10.2. The third-order valence-electron chi connectivity index (χ3n) is 3.10. The zero-order valence-electron chi connectivity index (χ0n) is 14.2. The zero-order valence-corrected chi connectivity index (χ0v) is 17.2. The van der Waals surface area contributed by atoms with E-state index in [9.17, 15) is 9.59 Å². The topological polar surface area (TPSA) is 79.5 Å². The molecule has 3 N–H and O–H groups in total. The van der Waals surface area contributed by atoms with Crippen LogP contribution < -0.4 is 20.9 Å². The van der Waals surface area contributed by atoms with Gasteiger partial charge in [-0.2, -0.15) is 0 Å². The maximum Gasteiger partial charge on any atom is 0.270 e. The van der Waals surface area contributed by atoms with Crippen LogP contribution in [0.1, 0.15) is 34.6 Å². The lowest BCUT2D eigenvalue weighted by Gasteiger charge is -2.13. The predicted molar refractivity (Wildman–Crippen MR) is 112 cm³/mol. The zero-order chi connectivity index (χ0) is 19.1. The molecular weight excluding hydrogens is 465 g/mol. The second-order valence-corrected chi connectivity index (χ2v) is 7.11. The number of hydrogen-bond donors (Lipinski definition) is 3. The Kier molecular flexibility index (Phi) is 7.34. The van der Waals surface area contributed by atoms with Gasteiger partial charge in [-0.25, -0.2) is 0 Å². The molecule has 2 aromatic rings. The van der Waals surface area contributed by atoms with Gasteiger partial charge in [0.2, 0.25) is 0 Å². The highest BCUT2D eigenvalue weighted by atomic mass is 127. The number of rotatable bonds is 4. The minimum Gasteiger partial charge on any atom is -0.491 e. The first-order chi connectivity index (χ1) is 12.4. The number of carbonyl (C=O) groups excluding carboxylic acids is 2. The van der Waals surface area contributed by atoms with Crippen molar-refractivity contribution in [1.82, 2.24) is 16.2 Å². The third-order valence-corrected chi connectivity index (χ3v) is 4.25. The molecule has 6 nitrogen and oxygen atoms in total. The molecule has 0 aliphatic carbocycles. The fraction of sp³-hybridized carbons (Fsp3) is 0.167. The SMILES string of the molecule is CC(C)Oc1cccc(C(=O)NC(=S)NNC(=O)c2ccccc2I)c1. The number of hydrazine groups is 1. The molecule has 0 saturated carbocycles. The van der Waals surface area contributed by atoms with Crippen molar-refractivity contribution >= 4 is 51.7 Å². The van der Waals surface area contributed by atoms with Crippen molar-refractivity contribution < 1.29 is 14.3 Å². The number of carbonyl (C=O) groups is 2. The minimum atomic E-state index is -0.403. The van der Waals surface area contributed by atoms with E-state index in [2.05, 4.69) is 38.8 Å². The Balaban J connectivity index is 1.90. The number of nitrogens with one attached hydrogen (secondary N) is 3. The summed E-state index contributed by atoms with van der Waals surface area (Å²) in [5.41, 5.74) is 5.89. The van der Waals surface area contributed by atoms with Gasteiger partial charge in [-0.05, 0) is 79.0 Å². The van der Waals surface area contributed by atoms with Crippen LogP contribution in [0.3, 0.4) is 0 Å². The highest BCUT2D eigenvalue weighted by Crippen LogP contribution is 2.15. The number of halogens is 1. The molecule has 2 rings (SSSR count). The summed E-state index contributed by atoms with van der Waals surface area (Å²) in [6, 6.07) is 13.9. The van der Waals surface area contributed by atoms with Gasteiger partial charge in [0, 0.05) is 9.13 Å². The smallest absolute Gasteiger partial charge is 0.270 e. The Labute approximate surface area is 170 Å². The molecule has 0 spiro atoms. The summed E-state index contributed by atoms with van der Waals surface area (Å²) in [4.78, 5) is 24.4. The summed E-state index contributed by atoms with van der Waals surface area (Å²) < 4.78 is 6.37. The minimum absolute atomic E-state index is 0.00653. The molecule has 0 atom stereocenters. The second kappa shape index (κ2) is 9.48. The first kappa shape index (κ1) is 20.1.